The minimum atomic E-state index is -0.453. The van der Waals surface area contributed by atoms with Gasteiger partial charge in [0.15, 0.2) is 0 Å². The molecule has 0 fully saturated rings. The predicted octanol–water partition coefficient (Wildman–Crippen LogP) is 13.3. The van der Waals surface area contributed by atoms with Gasteiger partial charge in [-0.1, -0.05) is 182 Å². The van der Waals surface area contributed by atoms with Crippen molar-refractivity contribution in [3.05, 3.63) is 234 Å². The topological polar surface area (TPSA) is 3.24 Å². The van der Waals surface area contributed by atoms with Gasteiger partial charge in [-0.15, -0.1) is 0 Å². The zero-order valence-corrected chi connectivity index (χ0v) is 28.7. The Labute approximate surface area is 305 Å². The van der Waals surface area contributed by atoms with Gasteiger partial charge in [-0.2, -0.15) is 0 Å². The first-order valence-electron chi connectivity index (χ1n) is 18.0. The summed E-state index contributed by atoms with van der Waals surface area (Å²) in [6.07, 6.45) is 4.58. The number of hydrogen-bond acceptors (Lipinski definition) is 1. The van der Waals surface area contributed by atoms with Crippen LogP contribution in [0.5, 0.6) is 0 Å². The van der Waals surface area contributed by atoms with Crippen LogP contribution in [-0.4, -0.2) is 0 Å². The van der Waals surface area contributed by atoms with E-state index in [4.69, 9.17) is 0 Å². The predicted molar refractivity (Wildman–Crippen MR) is 218 cm³/mol. The molecule has 0 aromatic heterocycles. The SMILES string of the molecule is C1=Cc2ccccc2C2(c3ccccc31)c1ccccc1-c1cc(N(c3ccc(-c4ccccc4)cc3)c3ccccc3-c3ccccc3)ccc12. The molecule has 244 valence electrons. The lowest BCUT2D eigenvalue weighted by atomic mass is 9.66. The zero-order chi connectivity index (χ0) is 34.5. The van der Waals surface area contributed by atoms with E-state index in [1.807, 2.05) is 0 Å². The molecule has 1 nitrogen and oxygen atoms in total. The standard InChI is InChI=1S/C51H35N/c1-3-15-36(16-4-1)37-29-31-41(32-30-37)52(50-26-14-10-21-43(50)38-17-5-2-6-18-38)42-33-34-49-45(35-42)44-22-9-13-25-48(44)51(49)46-23-11-7-19-39(46)27-28-40-20-8-12-24-47(40)51/h1-35H. The first-order chi connectivity index (χ1) is 25.8. The fraction of sp³-hybridized carbons (Fsp3) is 0.0196. The highest BCUT2D eigenvalue weighted by Crippen LogP contribution is 2.59. The molecule has 8 aromatic rings. The van der Waals surface area contributed by atoms with Gasteiger partial charge in [-0.25, -0.2) is 0 Å². The highest BCUT2D eigenvalue weighted by Gasteiger charge is 2.48. The molecule has 0 N–H and O–H groups in total. The van der Waals surface area contributed by atoms with Gasteiger partial charge in [0.1, 0.15) is 0 Å². The molecule has 0 unspecified atom stereocenters. The quantitative estimate of drug-likeness (QED) is 0.177. The van der Waals surface area contributed by atoms with Crippen molar-refractivity contribution in [3.8, 4) is 33.4 Å². The Morgan fingerprint density at radius 1 is 0.308 bits per heavy atom. The van der Waals surface area contributed by atoms with E-state index in [9.17, 15) is 0 Å². The van der Waals surface area contributed by atoms with E-state index in [1.165, 1.54) is 66.8 Å². The Morgan fingerprint density at radius 3 is 1.46 bits per heavy atom. The summed E-state index contributed by atoms with van der Waals surface area (Å²) >= 11 is 0. The number of nitrogens with zero attached hydrogens (tertiary/aromatic N) is 1. The van der Waals surface area contributed by atoms with Crippen LogP contribution in [0.1, 0.15) is 33.4 Å². The minimum Gasteiger partial charge on any atom is -0.310 e. The van der Waals surface area contributed by atoms with Crippen molar-refractivity contribution in [2.45, 2.75) is 5.41 Å². The summed E-state index contributed by atoms with van der Waals surface area (Å²) in [4.78, 5) is 2.43. The zero-order valence-electron chi connectivity index (χ0n) is 28.7. The summed E-state index contributed by atoms with van der Waals surface area (Å²) in [6, 6.07) is 73.2. The molecule has 2 aliphatic rings. The highest BCUT2D eigenvalue weighted by atomic mass is 15.1. The smallest absolute Gasteiger partial charge is 0.0725 e. The molecule has 0 heterocycles. The molecular weight excluding hydrogens is 627 g/mol. The normalized spacial score (nSPS) is 13.1. The van der Waals surface area contributed by atoms with Crippen LogP contribution < -0.4 is 4.90 Å². The Kier molecular flexibility index (Phi) is 7.11. The summed E-state index contributed by atoms with van der Waals surface area (Å²) in [6.45, 7) is 0. The van der Waals surface area contributed by atoms with Crippen molar-refractivity contribution in [1.82, 2.24) is 0 Å². The summed E-state index contributed by atoms with van der Waals surface area (Å²) in [5.74, 6) is 0. The molecule has 0 atom stereocenters. The van der Waals surface area contributed by atoms with E-state index in [-0.39, 0.29) is 0 Å². The second kappa shape index (κ2) is 12.3. The molecule has 52 heavy (non-hydrogen) atoms. The van der Waals surface area contributed by atoms with E-state index in [0.29, 0.717) is 0 Å². The van der Waals surface area contributed by atoms with Gasteiger partial charge in [0, 0.05) is 16.9 Å². The van der Waals surface area contributed by atoms with Crippen molar-refractivity contribution in [1.29, 1.82) is 0 Å². The molecular formula is C51H35N. The lowest BCUT2D eigenvalue weighted by Crippen LogP contribution is -2.29. The highest BCUT2D eigenvalue weighted by molar-refractivity contribution is 5.95. The summed E-state index contributed by atoms with van der Waals surface area (Å²) in [5, 5.41) is 0. The first-order valence-corrected chi connectivity index (χ1v) is 18.0. The van der Waals surface area contributed by atoms with Gasteiger partial charge in [-0.05, 0) is 91.5 Å². The monoisotopic (exact) mass is 661 g/mol. The molecule has 0 aliphatic heterocycles. The van der Waals surface area contributed by atoms with E-state index < -0.39 is 5.41 Å². The number of para-hydroxylation sites is 1. The molecule has 0 saturated heterocycles. The number of hydrogen-bond donors (Lipinski definition) is 0. The molecule has 1 spiro atoms. The molecule has 8 aromatic carbocycles. The number of rotatable bonds is 5. The Bertz CT molecular complexity index is 2570. The van der Waals surface area contributed by atoms with Crippen LogP contribution in [0.15, 0.2) is 200 Å². The molecule has 0 radical (unpaired) electrons. The fourth-order valence-corrected chi connectivity index (χ4v) is 8.68. The van der Waals surface area contributed by atoms with Gasteiger partial charge < -0.3 is 4.90 Å². The summed E-state index contributed by atoms with van der Waals surface area (Å²) in [7, 11) is 0. The summed E-state index contributed by atoms with van der Waals surface area (Å²) in [5.41, 5.74) is 18.0. The number of fused-ring (bicyclic) bond motifs is 9. The van der Waals surface area contributed by atoms with Crippen LogP contribution >= 0.6 is 0 Å². The average molecular weight is 662 g/mol. The van der Waals surface area contributed by atoms with E-state index in [2.05, 4.69) is 217 Å². The maximum absolute atomic E-state index is 2.43. The van der Waals surface area contributed by atoms with Crippen LogP contribution in [0, 0.1) is 0 Å². The van der Waals surface area contributed by atoms with Crippen molar-refractivity contribution in [3.63, 3.8) is 0 Å². The average Bonchev–Trinajstić information content (AvgIpc) is 3.42. The van der Waals surface area contributed by atoms with Crippen LogP contribution in [0.25, 0.3) is 45.5 Å². The van der Waals surface area contributed by atoms with Gasteiger partial charge in [0.2, 0.25) is 0 Å². The summed E-state index contributed by atoms with van der Waals surface area (Å²) < 4.78 is 0. The van der Waals surface area contributed by atoms with Crippen LogP contribution in [0.4, 0.5) is 17.1 Å². The van der Waals surface area contributed by atoms with Gasteiger partial charge in [0.05, 0.1) is 11.1 Å². The number of anilines is 3. The van der Waals surface area contributed by atoms with E-state index in [1.54, 1.807) is 0 Å². The second-order valence-electron chi connectivity index (χ2n) is 13.7. The van der Waals surface area contributed by atoms with Gasteiger partial charge >= 0.3 is 0 Å². The van der Waals surface area contributed by atoms with Crippen molar-refractivity contribution in [2.24, 2.45) is 0 Å². The van der Waals surface area contributed by atoms with Crippen molar-refractivity contribution < 1.29 is 0 Å². The Morgan fingerprint density at radius 2 is 0.788 bits per heavy atom. The van der Waals surface area contributed by atoms with Crippen LogP contribution in [0.3, 0.4) is 0 Å². The maximum Gasteiger partial charge on any atom is 0.0725 e. The fourth-order valence-electron chi connectivity index (χ4n) is 8.68. The molecule has 2 aliphatic carbocycles. The third-order valence-corrected chi connectivity index (χ3v) is 10.9. The largest absolute Gasteiger partial charge is 0.310 e. The second-order valence-corrected chi connectivity index (χ2v) is 13.7. The first kappa shape index (κ1) is 30.2. The number of benzene rings is 8. The van der Waals surface area contributed by atoms with Gasteiger partial charge in [0.25, 0.3) is 0 Å². The lowest BCUT2D eigenvalue weighted by molar-refractivity contribution is 0.766. The minimum absolute atomic E-state index is 0.453. The third-order valence-electron chi connectivity index (χ3n) is 10.9. The van der Waals surface area contributed by atoms with Crippen molar-refractivity contribution >= 4 is 29.2 Å². The van der Waals surface area contributed by atoms with E-state index in [0.717, 1.165) is 17.1 Å². The van der Waals surface area contributed by atoms with Crippen LogP contribution in [-0.2, 0) is 5.41 Å². The van der Waals surface area contributed by atoms with Gasteiger partial charge in [-0.3, -0.25) is 0 Å². The molecule has 0 saturated carbocycles. The third kappa shape index (κ3) is 4.63. The molecule has 0 bridgehead atoms. The van der Waals surface area contributed by atoms with Crippen molar-refractivity contribution in [2.75, 3.05) is 4.90 Å². The molecule has 1 heteroatoms. The molecule has 10 rings (SSSR count). The molecule has 0 amide bonds. The lowest BCUT2D eigenvalue weighted by Gasteiger charge is -2.35. The Balaban J connectivity index is 1.22. The maximum atomic E-state index is 2.43. The Hall–Kier alpha value is -6.70. The van der Waals surface area contributed by atoms with E-state index >= 15 is 0 Å². The van der Waals surface area contributed by atoms with Crippen LogP contribution in [0.2, 0.25) is 0 Å².